The molecule has 3 aromatic heterocycles. The van der Waals surface area contributed by atoms with Crippen LogP contribution in [0, 0.1) is 6.92 Å². The Labute approximate surface area is 107 Å². The molecule has 0 aromatic carbocycles. The molecule has 0 saturated carbocycles. The molecule has 3 rings (SSSR count). The van der Waals surface area contributed by atoms with Gasteiger partial charge < -0.3 is 5.32 Å². The predicted molar refractivity (Wildman–Crippen MR) is 73.8 cm³/mol. The number of rotatable bonds is 3. The average molecular weight is 261 g/mol. The van der Waals surface area contributed by atoms with Crippen molar-refractivity contribution in [2.75, 3.05) is 5.32 Å². The lowest BCUT2D eigenvalue weighted by molar-refractivity contribution is 1.12. The highest BCUT2D eigenvalue weighted by Crippen LogP contribution is 2.26. The normalized spacial score (nSPS) is 10.9. The molecule has 0 aliphatic heterocycles. The summed E-state index contributed by atoms with van der Waals surface area (Å²) < 4.78 is 1.13. The Hall–Kier alpha value is -1.46. The number of hydrogen-bond acceptors (Lipinski definition) is 5. The van der Waals surface area contributed by atoms with Gasteiger partial charge in [-0.1, -0.05) is 0 Å². The zero-order valence-electron chi connectivity index (χ0n) is 9.30. The summed E-state index contributed by atoms with van der Waals surface area (Å²) in [5, 5.41) is 7.55. The van der Waals surface area contributed by atoms with E-state index in [1.165, 1.54) is 10.4 Å². The molecule has 86 valence electrons. The number of anilines is 1. The van der Waals surface area contributed by atoms with Crippen molar-refractivity contribution < 1.29 is 0 Å². The van der Waals surface area contributed by atoms with Gasteiger partial charge in [-0.15, -0.1) is 22.7 Å². The van der Waals surface area contributed by atoms with Gasteiger partial charge in [0.1, 0.15) is 12.1 Å². The largest absolute Gasteiger partial charge is 0.364 e. The standard InChI is InChI=1S/C12H11N3S2/c1-8-2-4-16-10(8)6-13-12-11-9(3-5-17-11)14-7-15-12/h2-5,7H,6H2,1H3,(H,13,14,15). The van der Waals surface area contributed by atoms with E-state index in [1.54, 1.807) is 29.0 Å². The monoisotopic (exact) mass is 261 g/mol. The van der Waals surface area contributed by atoms with Crippen LogP contribution in [0.5, 0.6) is 0 Å². The van der Waals surface area contributed by atoms with Gasteiger partial charge in [0.05, 0.1) is 16.8 Å². The van der Waals surface area contributed by atoms with E-state index in [0.717, 1.165) is 22.6 Å². The van der Waals surface area contributed by atoms with Gasteiger partial charge in [0.2, 0.25) is 0 Å². The highest BCUT2D eigenvalue weighted by Gasteiger charge is 2.05. The Morgan fingerprint density at radius 1 is 1.18 bits per heavy atom. The summed E-state index contributed by atoms with van der Waals surface area (Å²) in [5.41, 5.74) is 2.34. The summed E-state index contributed by atoms with van der Waals surface area (Å²) in [6.45, 7) is 2.96. The molecule has 17 heavy (non-hydrogen) atoms. The van der Waals surface area contributed by atoms with E-state index < -0.39 is 0 Å². The first kappa shape index (κ1) is 10.7. The highest BCUT2D eigenvalue weighted by molar-refractivity contribution is 7.17. The van der Waals surface area contributed by atoms with Crippen LogP contribution >= 0.6 is 22.7 Å². The van der Waals surface area contributed by atoms with Gasteiger partial charge in [-0.2, -0.15) is 0 Å². The van der Waals surface area contributed by atoms with Crippen molar-refractivity contribution in [3.63, 3.8) is 0 Å². The van der Waals surface area contributed by atoms with E-state index in [0.29, 0.717) is 0 Å². The van der Waals surface area contributed by atoms with Crippen molar-refractivity contribution in [2.24, 2.45) is 0 Å². The first-order chi connectivity index (χ1) is 8.34. The Balaban J connectivity index is 1.86. The number of fused-ring (bicyclic) bond motifs is 1. The van der Waals surface area contributed by atoms with Gasteiger partial charge in [0, 0.05) is 4.88 Å². The van der Waals surface area contributed by atoms with E-state index in [-0.39, 0.29) is 0 Å². The first-order valence-corrected chi connectivity index (χ1v) is 7.05. The molecule has 5 heteroatoms. The quantitative estimate of drug-likeness (QED) is 0.781. The van der Waals surface area contributed by atoms with E-state index in [1.807, 2.05) is 11.4 Å². The third-order valence-electron chi connectivity index (χ3n) is 2.63. The average Bonchev–Trinajstić information content (AvgIpc) is 2.95. The van der Waals surface area contributed by atoms with E-state index in [9.17, 15) is 0 Å². The van der Waals surface area contributed by atoms with E-state index in [2.05, 4.69) is 33.7 Å². The summed E-state index contributed by atoms with van der Waals surface area (Å²) in [7, 11) is 0. The third kappa shape index (κ3) is 2.03. The molecule has 0 spiro atoms. The molecule has 0 radical (unpaired) electrons. The minimum Gasteiger partial charge on any atom is -0.364 e. The van der Waals surface area contributed by atoms with Crippen LogP contribution in [0.1, 0.15) is 10.4 Å². The molecular formula is C12H11N3S2. The molecule has 3 aromatic rings. The lowest BCUT2D eigenvalue weighted by Gasteiger charge is -2.05. The number of nitrogens with one attached hydrogen (secondary N) is 1. The topological polar surface area (TPSA) is 37.8 Å². The molecule has 0 unspecified atom stereocenters. The van der Waals surface area contributed by atoms with Crippen LogP contribution in [0.4, 0.5) is 5.82 Å². The number of aromatic nitrogens is 2. The predicted octanol–water partition coefficient (Wildman–Crippen LogP) is 3.67. The number of nitrogens with zero attached hydrogens (tertiary/aromatic N) is 2. The van der Waals surface area contributed by atoms with Crippen LogP contribution in [-0.4, -0.2) is 9.97 Å². The third-order valence-corrected chi connectivity index (χ3v) is 4.56. The Kier molecular flexibility index (Phi) is 2.78. The first-order valence-electron chi connectivity index (χ1n) is 5.29. The zero-order chi connectivity index (χ0) is 11.7. The van der Waals surface area contributed by atoms with Crippen molar-refractivity contribution in [3.05, 3.63) is 39.7 Å². The molecule has 0 saturated heterocycles. The smallest absolute Gasteiger partial charge is 0.147 e. The van der Waals surface area contributed by atoms with Crippen molar-refractivity contribution in [3.8, 4) is 0 Å². The molecule has 3 heterocycles. The number of aryl methyl sites for hydroxylation is 1. The molecule has 0 fully saturated rings. The van der Waals surface area contributed by atoms with Gasteiger partial charge in [-0.05, 0) is 35.4 Å². The fraction of sp³-hybridized carbons (Fsp3) is 0.167. The maximum atomic E-state index is 4.30. The van der Waals surface area contributed by atoms with E-state index in [4.69, 9.17) is 0 Å². The second-order valence-electron chi connectivity index (χ2n) is 3.74. The summed E-state index contributed by atoms with van der Waals surface area (Å²) in [6.07, 6.45) is 1.61. The highest BCUT2D eigenvalue weighted by atomic mass is 32.1. The van der Waals surface area contributed by atoms with Crippen LogP contribution in [-0.2, 0) is 6.54 Å². The summed E-state index contributed by atoms with van der Waals surface area (Å²) in [5.74, 6) is 0.929. The molecule has 0 atom stereocenters. The van der Waals surface area contributed by atoms with Crippen LogP contribution in [0.3, 0.4) is 0 Å². The molecular weight excluding hydrogens is 250 g/mol. The molecule has 1 N–H and O–H groups in total. The van der Waals surface area contributed by atoms with Crippen molar-refractivity contribution in [2.45, 2.75) is 13.5 Å². The lowest BCUT2D eigenvalue weighted by atomic mass is 10.3. The Morgan fingerprint density at radius 3 is 2.88 bits per heavy atom. The minimum absolute atomic E-state index is 0.827. The molecule has 0 bridgehead atoms. The van der Waals surface area contributed by atoms with Crippen LogP contribution in [0.25, 0.3) is 10.2 Å². The summed E-state index contributed by atoms with van der Waals surface area (Å²) >= 11 is 3.44. The second-order valence-corrected chi connectivity index (χ2v) is 5.65. The molecule has 0 aliphatic carbocycles. The molecule has 3 nitrogen and oxygen atoms in total. The van der Waals surface area contributed by atoms with Crippen molar-refractivity contribution >= 4 is 38.7 Å². The van der Waals surface area contributed by atoms with E-state index >= 15 is 0 Å². The van der Waals surface area contributed by atoms with Crippen LogP contribution in [0.15, 0.2) is 29.2 Å². The maximum absolute atomic E-state index is 4.30. The van der Waals surface area contributed by atoms with Crippen LogP contribution in [0.2, 0.25) is 0 Å². The van der Waals surface area contributed by atoms with Crippen molar-refractivity contribution in [1.82, 2.24) is 9.97 Å². The molecule has 0 aliphatic rings. The number of thiophene rings is 2. The fourth-order valence-corrected chi connectivity index (χ4v) is 3.32. The van der Waals surface area contributed by atoms with Gasteiger partial charge >= 0.3 is 0 Å². The maximum Gasteiger partial charge on any atom is 0.147 e. The van der Waals surface area contributed by atoms with Crippen molar-refractivity contribution in [1.29, 1.82) is 0 Å². The minimum atomic E-state index is 0.827. The second kappa shape index (κ2) is 4.43. The van der Waals surface area contributed by atoms with Crippen LogP contribution < -0.4 is 5.32 Å². The fourth-order valence-electron chi connectivity index (χ4n) is 1.66. The lowest BCUT2D eigenvalue weighted by Crippen LogP contribution is -2.01. The van der Waals surface area contributed by atoms with Gasteiger partial charge in [0.25, 0.3) is 0 Å². The molecule has 0 amide bonds. The van der Waals surface area contributed by atoms with Gasteiger partial charge in [-0.3, -0.25) is 0 Å². The van der Waals surface area contributed by atoms with Gasteiger partial charge in [-0.25, -0.2) is 9.97 Å². The summed E-state index contributed by atoms with van der Waals surface area (Å²) in [4.78, 5) is 9.88. The summed E-state index contributed by atoms with van der Waals surface area (Å²) in [6, 6.07) is 4.16. The Morgan fingerprint density at radius 2 is 2.06 bits per heavy atom. The van der Waals surface area contributed by atoms with Gasteiger partial charge in [0.15, 0.2) is 0 Å². The SMILES string of the molecule is Cc1ccsc1CNc1ncnc2ccsc12. The number of hydrogen-bond donors (Lipinski definition) is 1. The zero-order valence-corrected chi connectivity index (χ0v) is 10.9. The Bertz CT molecular complexity index is 642.